The van der Waals surface area contributed by atoms with Crippen LogP contribution in [0.25, 0.3) is 21.3 Å². The highest BCUT2D eigenvalue weighted by Gasteiger charge is 2.16. The lowest BCUT2D eigenvalue weighted by molar-refractivity contribution is 0.686. The summed E-state index contributed by atoms with van der Waals surface area (Å²) in [6.45, 7) is 4.92. The highest BCUT2D eigenvalue weighted by Crippen LogP contribution is 2.33. The summed E-state index contributed by atoms with van der Waals surface area (Å²) < 4.78 is 1.74. The lowest BCUT2D eigenvalue weighted by atomic mass is 9.89. The third-order valence-electron chi connectivity index (χ3n) is 6.22. The van der Waals surface area contributed by atoms with Gasteiger partial charge in [-0.2, -0.15) is 0 Å². The van der Waals surface area contributed by atoms with Gasteiger partial charge in [0.25, 0.3) is 5.56 Å². The number of fused-ring (bicyclic) bond motifs is 2. The predicted octanol–water partition coefficient (Wildman–Crippen LogP) is 6.18. The average Bonchev–Trinajstić information content (AvgIpc) is 3.21. The van der Waals surface area contributed by atoms with Crippen LogP contribution in [0.1, 0.15) is 54.9 Å². The van der Waals surface area contributed by atoms with E-state index in [1.807, 2.05) is 0 Å². The second kappa shape index (κ2) is 7.84. The topological polar surface area (TPSA) is 34.9 Å². The summed E-state index contributed by atoms with van der Waals surface area (Å²) in [7, 11) is 0. The molecule has 4 heteroatoms. The van der Waals surface area contributed by atoms with Crippen molar-refractivity contribution in [3.05, 3.63) is 86.8 Å². The van der Waals surface area contributed by atoms with Crippen molar-refractivity contribution in [1.82, 2.24) is 9.55 Å². The Hall–Kier alpha value is -2.72. The molecule has 0 bridgehead atoms. The van der Waals surface area contributed by atoms with Crippen molar-refractivity contribution in [1.29, 1.82) is 0 Å². The molecule has 0 saturated carbocycles. The van der Waals surface area contributed by atoms with Crippen molar-refractivity contribution in [2.45, 2.75) is 52.0 Å². The smallest absolute Gasteiger partial charge is 0.263 e. The molecule has 0 radical (unpaired) electrons. The van der Waals surface area contributed by atoms with Crippen molar-refractivity contribution < 1.29 is 0 Å². The van der Waals surface area contributed by atoms with Gasteiger partial charge in [0.2, 0.25) is 0 Å². The first-order chi connectivity index (χ1) is 14.6. The van der Waals surface area contributed by atoms with Crippen molar-refractivity contribution in [3.8, 4) is 11.1 Å². The Labute approximate surface area is 181 Å². The Balaban J connectivity index is 1.53. The molecule has 1 aliphatic carbocycles. The number of benzene rings is 2. The number of hydrogen-bond acceptors (Lipinski definition) is 3. The van der Waals surface area contributed by atoms with Gasteiger partial charge in [0.1, 0.15) is 4.83 Å². The first-order valence-electron chi connectivity index (χ1n) is 10.8. The van der Waals surface area contributed by atoms with Crippen LogP contribution in [0.15, 0.2) is 59.0 Å². The molecule has 1 aliphatic rings. The van der Waals surface area contributed by atoms with E-state index < -0.39 is 0 Å². The monoisotopic (exact) mass is 414 g/mol. The molecule has 3 nitrogen and oxygen atoms in total. The quantitative estimate of drug-likeness (QED) is 0.400. The van der Waals surface area contributed by atoms with E-state index in [1.54, 1.807) is 22.2 Å². The second-order valence-electron chi connectivity index (χ2n) is 8.59. The first-order valence-corrected chi connectivity index (χ1v) is 11.7. The van der Waals surface area contributed by atoms with Gasteiger partial charge in [-0.25, -0.2) is 4.98 Å². The average molecular weight is 415 g/mol. The van der Waals surface area contributed by atoms with Gasteiger partial charge in [-0.05, 0) is 59.4 Å². The third kappa shape index (κ3) is 3.50. The van der Waals surface area contributed by atoms with E-state index in [-0.39, 0.29) is 5.56 Å². The molecule has 0 amide bonds. The van der Waals surface area contributed by atoms with Gasteiger partial charge < -0.3 is 0 Å². The standard InChI is InChI=1S/C26H26N2OS/c1-17(2)19-9-7-18(8-10-19)14-28-16-27-25-24(26(28)29)23(15-30-25)22-12-11-20-5-3-4-6-21(20)13-22/h7-13,15-17H,3-6,14H2,1-2H3. The molecule has 2 aromatic heterocycles. The van der Waals surface area contributed by atoms with Crippen LogP contribution in [0.4, 0.5) is 0 Å². The lowest BCUT2D eigenvalue weighted by Crippen LogP contribution is -2.21. The van der Waals surface area contributed by atoms with Gasteiger partial charge in [-0.15, -0.1) is 11.3 Å². The number of rotatable bonds is 4. The van der Waals surface area contributed by atoms with E-state index in [4.69, 9.17) is 0 Å². The van der Waals surface area contributed by atoms with Crippen LogP contribution in [-0.4, -0.2) is 9.55 Å². The number of nitrogens with zero attached hydrogens (tertiary/aromatic N) is 2. The summed E-state index contributed by atoms with van der Waals surface area (Å²) in [6, 6.07) is 15.2. The fourth-order valence-electron chi connectivity index (χ4n) is 4.40. The predicted molar refractivity (Wildman–Crippen MR) is 126 cm³/mol. The van der Waals surface area contributed by atoms with Crippen LogP contribution in [0.3, 0.4) is 0 Å². The normalized spacial score (nSPS) is 13.7. The Kier molecular flexibility index (Phi) is 5.03. The highest BCUT2D eigenvalue weighted by atomic mass is 32.1. The third-order valence-corrected chi connectivity index (χ3v) is 7.11. The molecule has 0 N–H and O–H groups in total. The lowest BCUT2D eigenvalue weighted by Gasteiger charge is -2.16. The van der Waals surface area contributed by atoms with Crippen molar-refractivity contribution >= 4 is 21.6 Å². The van der Waals surface area contributed by atoms with Crippen LogP contribution in [0.2, 0.25) is 0 Å². The van der Waals surface area contributed by atoms with Gasteiger partial charge in [0.05, 0.1) is 18.3 Å². The summed E-state index contributed by atoms with van der Waals surface area (Å²) >= 11 is 1.56. The summed E-state index contributed by atoms with van der Waals surface area (Å²) in [4.78, 5) is 18.8. The molecular weight excluding hydrogens is 388 g/mol. The summed E-state index contributed by atoms with van der Waals surface area (Å²) in [5.74, 6) is 0.504. The largest absolute Gasteiger partial charge is 0.294 e. The van der Waals surface area contributed by atoms with Gasteiger partial charge in [-0.1, -0.05) is 56.3 Å². The van der Waals surface area contributed by atoms with E-state index in [2.05, 4.69) is 66.7 Å². The zero-order chi connectivity index (χ0) is 20.7. The van der Waals surface area contributed by atoms with Gasteiger partial charge >= 0.3 is 0 Å². The molecule has 152 valence electrons. The number of aromatic nitrogens is 2. The van der Waals surface area contributed by atoms with E-state index in [9.17, 15) is 4.79 Å². The zero-order valence-electron chi connectivity index (χ0n) is 17.5. The maximum Gasteiger partial charge on any atom is 0.263 e. The van der Waals surface area contributed by atoms with E-state index in [0.29, 0.717) is 12.5 Å². The van der Waals surface area contributed by atoms with Crippen LogP contribution >= 0.6 is 11.3 Å². The molecule has 2 heterocycles. The fourth-order valence-corrected chi connectivity index (χ4v) is 5.30. The van der Waals surface area contributed by atoms with Gasteiger partial charge in [0, 0.05) is 10.9 Å². The minimum absolute atomic E-state index is 0.0434. The number of hydrogen-bond donors (Lipinski definition) is 0. The van der Waals surface area contributed by atoms with E-state index in [1.165, 1.54) is 36.0 Å². The number of aryl methyl sites for hydroxylation is 2. The van der Waals surface area contributed by atoms with Crippen LogP contribution < -0.4 is 5.56 Å². The Morgan fingerprint density at radius 1 is 1.03 bits per heavy atom. The molecule has 2 aromatic carbocycles. The Bertz CT molecular complexity index is 1260. The van der Waals surface area contributed by atoms with Gasteiger partial charge in [-0.3, -0.25) is 9.36 Å². The fraction of sp³-hybridized carbons (Fsp3) is 0.308. The zero-order valence-corrected chi connectivity index (χ0v) is 18.3. The minimum atomic E-state index is 0.0434. The second-order valence-corrected chi connectivity index (χ2v) is 9.45. The number of thiophene rings is 1. The van der Waals surface area contributed by atoms with Crippen molar-refractivity contribution in [2.75, 3.05) is 0 Å². The molecule has 0 unspecified atom stereocenters. The van der Waals surface area contributed by atoms with Crippen molar-refractivity contribution in [3.63, 3.8) is 0 Å². The van der Waals surface area contributed by atoms with Crippen LogP contribution in [0.5, 0.6) is 0 Å². The Morgan fingerprint density at radius 3 is 2.57 bits per heavy atom. The summed E-state index contributed by atoms with van der Waals surface area (Å²) in [6.07, 6.45) is 6.53. The minimum Gasteiger partial charge on any atom is -0.294 e. The van der Waals surface area contributed by atoms with Crippen molar-refractivity contribution in [2.24, 2.45) is 0 Å². The molecule has 0 aliphatic heterocycles. The molecule has 0 atom stereocenters. The maximum absolute atomic E-state index is 13.4. The van der Waals surface area contributed by atoms with E-state index in [0.717, 1.165) is 33.3 Å². The maximum atomic E-state index is 13.4. The Morgan fingerprint density at radius 2 is 1.80 bits per heavy atom. The molecule has 0 saturated heterocycles. The molecule has 30 heavy (non-hydrogen) atoms. The molecule has 4 aromatic rings. The van der Waals surface area contributed by atoms with Crippen LogP contribution in [0, 0.1) is 0 Å². The van der Waals surface area contributed by atoms with E-state index >= 15 is 0 Å². The SMILES string of the molecule is CC(C)c1ccc(Cn2cnc3scc(-c4ccc5c(c4)CCCC5)c3c2=O)cc1. The summed E-state index contributed by atoms with van der Waals surface area (Å²) in [5.41, 5.74) is 7.53. The molecular formula is C26H26N2OS. The van der Waals surface area contributed by atoms with Gasteiger partial charge in [0.15, 0.2) is 0 Å². The highest BCUT2D eigenvalue weighted by molar-refractivity contribution is 7.17. The molecule has 0 spiro atoms. The molecule has 5 rings (SSSR count). The summed E-state index contributed by atoms with van der Waals surface area (Å²) in [5, 5.41) is 2.84. The van der Waals surface area contributed by atoms with Crippen LogP contribution in [-0.2, 0) is 19.4 Å². The first kappa shape index (κ1) is 19.3. The molecule has 0 fully saturated rings.